The highest BCUT2D eigenvalue weighted by Crippen LogP contribution is 2.36. The van der Waals surface area contributed by atoms with Gasteiger partial charge in [0, 0.05) is 18.6 Å². The van der Waals surface area contributed by atoms with Gasteiger partial charge in [-0.05, 0) is 45.9 Å². The van der Waals surface area contributed by atoms with Crippen molar-refractivity contribution in [3.63, 3.8) is 0 Å². The van der Waals surface area contributed by atoms with Crippen LogP contribution in [0.4, 0.5) is 0 Å². The van der Waals surface area contributed by atoms with Gasteiger partial charge in [0.15, 0.2) is 0 Å². The zero-order chi connectivity index (χ0) is 14.4. The van der Waals surface area contributed by atoms with Crippen LogP contribution in [-0.2, 0) is 9.31 Å². The molecule has 5 nitrogen and oxygen atoms in total. The monoisotopic (exact) mass is 271 g/mol. The molecule has 1 saturated heterocycles. The topological polar surface area (TPSA) is 49.2 Å². The van der Waals surface area contributed by atoms with Crippen LogP contribution in [0.1, 0.15) is 27.7 Å². The molecule has 2 aromatic rings. The van der Waals surface area contributed by atoms with E-state index in [2.05, 4.69) is 10.1 Å². The van der Waals surface area contributed by atoms with Crippen molar-refractivity contribution in [2.75, 3.05) is 0 Å². The molecular formula is C14H18BN3O2. The Labute approximate surface area is 119 Å². The van der Waals surface area contributed by atoms with E-state index in [4.69, 9.17) is 9.31 Å². The fraction of sp³-hybridized carbons (Fsp3) is 0.429. The minimum atomic E-state index is -0.449. The van der Waals surface area contributed by atoms with Gasteiger partial charge in [-0.3, -0.25) is 4.98 Å². The van der Waals surface area contributed by atoms with E-state index in [9.17, 15) is 0 Å². The fourth-order valence-electron chi connectivity index (χ4n) is 2.09. The smallest absolute Gasteiger partial charge is 0.398 e. The molecule has 0 N–H and O–H groups in total. The molecule has 0 unspecified atom stereocenters. The Hall–Kier alpha value is -1.66. The molecule has 0 aliphatic carbocycles. The molecule has 0 amide bonds. The van der Waals surface area contributed by atoms with Crippen LogP contribution in [0, 0.1) is 0 Å². The third-order valence-electron chi connectivity index (χ3n) is 4.03. The Morgan fingerprint density at radius 2 is 1.80 bits per heavy atom. The van der Waals surface area contributed by atoms with E-state index in [0.29, 0.717) is 0 Å². The highest BCUT2D eigenvalue weighted by Gasteiger charge is 2.52. The summed E-state index contributed by atoms with van der Waals surface area (Å²) in [5.41, 5.74) is 0.980. The lowest BCUT2D eigenvalue weighted by atomic mass is 9.84. The lowest BCUT2D eigenvalue weighted by molar-refractivity contribution is 0.00578. The Morgan fingerprint density at radius 1 is 1.10 bits per heavy atom. The van der Waals surface area contributed by atoms with E-state index in [1.807, 2.05) is 52.1 Å². The van der Waals surface area contributed by atoms with Gasteiger partial charge in [0.1, 0.15) is 0 Å². The van der Waals surface area contributed by atoms with Crippen molar-refractivity contribution in [1.29, 1.82) is 0 Å². The molecule has 6 heteroatoms. The van der Waals surface area contributed by atoms with Crippen LogP contribution in [0.15, 0.2) is 36.8 Å². The highest BCUT2D eigenvalue weighted by atomic mass is 16.7. The van der Waals surface area contributed by atoms with Crippen LogP contribution in [-0.4, -0.2) is 33.1 Å². The van der Waals surface area contributed by atoms with Crippen molar-refractivity contribution < 1.29 is 9.31 Å². The molecule has 1 aliphatic rings. The van der Waals surface area contributed by atoms with Crippen molar-refractivity contribution in [2.45, 2.75) is 38.9 Å². The molecule has 2 aromatic heterocycles. The first kappa shape index (κ1) is 13.3. The summed E-state index contributed by atoms with van der Waals surface area (Å²) in [6.45, 7) is 8.13. The van der Waals surface area contributed by atoms with E-state index in [1.165, 1.54) is 0 Å². The van der Waals surface area contributed by atoms with Gasteiger partial charge in [0.05, 0.1) is 22.5 Å². The van der Waals surface area contributed by atoms with Crippen LogP contribution in [0.5, 0.6) is 0 Å². The molecule has 0 bridgehead atoms. The first-order valence-corrected chi connectivity index (χ1v) is 6.71. The van der Waals surface area contributed by atoms with Gasteiger partial charge in [0.25, 0.3) is 0 Å². The predicted octanol–water partition coefficient (Wildman–Crippen LogP) is 1.57. The summed E-state index contributed by atoms with van der Waals surface area (Å²) in [5, 5.41) is 4.22. The summed E-state index contributed by atoms with van der Waals surface area (Å²) in [7, 11) is -0.449. The molecule has 0 radical (unpaired) electrons. The summed E-state index contributed by atoms with van der Waals surface area (Å²) in [5.74, 6) is 0. The fourth-order valence-corrected chi connectivity index (χ4v) is 2.09. The molecule has 0 saturated carbocycles. The van der Waals surface area contributed by atoms with Crippen LogP contribution in [0.3, 0.4) is 0 Å². The second-order valence-corrected chi connectivity index (χ2v) is 5.98. The summed E-state index contributed by atoms with van der Waals surface area (Å²) in [6, 6.07) is 5.73. The first-order chi connectivity index (χ1) is 9.39. The standard InChI is InChI=1S/C14H18BN3O2/c1-13(2)14(3,4)20-15(19-13)12-10-11(6-8-16-12)18-9-5-7-17-18/h5-10H,1-4H3. The summed E-state index contributed by atoms with van der Waals surface area (Å²) < 4.78 is 13.8. The average molecular weight is 271 g/mol. The SMILES string of the molecule is CC1(C)OB(c2cc(-n3cccn3)ccn2)OC1(C)C. The molecule has 1 aliphatic heterocycles. The predicted molar refractivity (Wildman–Crippen MR) is 77.1 cm³/mol. The summed E-state index contributed by atoms with van der Waals surface area (Å²) >= 11 is 0. The van der Waals surface area contributed by atoms with Crippen LogP contribution < -0.4 is 5.59 Å². The molecule has 0 aromatic carbocycles. The van der Waals surface area contributed by atoms with E-state index >= 15 is 0 Å². The average Bonchev–Trinajstić information content (AvgIpc) is 2.97. The lowest BCUT2D eigenvalue weighted by Crippen LogP contribution is -2.41. The second kappa shape index (κ2) is 4.43. The molecule has 20 heavy (non-hydrogen) atoms. The van der Waals surface area contributed by atoms with Crippen LogP contribution in [0.25, 0.3) is 5.69 Å². The van der Waals surface area contributed by atoms with Crippen LogP contribution >= 0.6 is 0 Å². The first-order valence-electron chi connectivity index (χ1n) is 6.71. The Bertz CT molecular complexity index is 595. The van der Waals surface area contributed by atoms with Gasteiger partial charge >= 0.3 is 7.12 Å². The van der Waals surface area contributed by atoms with Gasteiger partial charge in [-0.15, -0.1) is 0 Å². The van der Waals surface area contributed by atoms with E-state index in [1.54, 1.807) is 17.1 Å². The maximum absolute atomic E-state index is 6.01. The van der Waals surface area contributed by atoms with Gasteiger partial charge in [-0.25, -0.2) is 4.68 Å². The van der Waals surface area contributed by atoms with Crippen molar-refractivity contribution in [2.24, 2.45) is 0 Å². The summed E-state index contributed by atoms with van der Waals surface area (Å²) in [6.07, 6.45) is 5.38. The Morgan fingerprint density at radius 3 is 2.40 bits per heavy atom. The zero-order valence-corrected chi connectivity index (χ0v) is 12.2. The lowest BCUT2D eigenvalue weighted by Gasteiger charge is -2.32. The molecule has 104 valence electrons. The van der Waals surface area contributed by atoms with E-state index in [0.717, 1.165) is 11.3 Å². The minimum absolute atomic E-state index is 0.360. The minimum Gasteiger partial charge on any atom is -0.398 e. The largest absolute Gasteiger partial charge is 0.514 e. The van der Waals surface area contributed by atoms with Gasteiger partial charge in [-0.1, -0.05) is 0 Å². The number of pyridine rings is 1. The zero-order valence-electron chi connectivity index (χ0n) is 12.2. The van der Waals surface area contributed by atoms with E-state index in [-0.39, 0.29) is 11.2 Å². The van der Waals surface area contributed by atoms with Gasteiger partial charge < -0.3 is 9.31 Å². The van der Waals surface area contributed by atoms with Gasteiger partial charge in [-0.2, -0.15) is 5.10 Å². The van der Waals surface area contributed by atoms with Gasteiger partial charge in [0.2, 0.25) is 0 Å². The molecular weight excluding hydrogens is 253 g/mol. The second-order valence-electron chi connectivity index (χ2n) is 5.98. The molecule has 1 fully saturated rings. The summed E-state index contributed by atoms with van der Waals surface area (Å²) in [4.78, 5) is 4.37. The highest BCUT2D eigenvalue weighted by molar-refractivity contribution is 6.61. The van der Waals surface area contributed by atoms with Crippen molar-refractivity contribution in [3.8, 4) is 5.69 Å². The Balaban J connectivity index is 1.91. The number of hydrogen-bond donors (Lipinski definition) is 0. The third kappa shape index (κ3) is 2.15. The molecule has 0 spiro atoms. The molecule has 0 atom stereocenters. The number of rotatable bonds is 2. The normalized spacial score (nSPS) is 20.3. The van der Waals surface area contributed by atoms with Crippen molar-refractivity contribution in [3.05, 3.63) is 36.8 Å². The quantitative estimate of drug-likeness (QED) is 0.778. The van der Waals surface area contributed by atoms with Crippen LogP contribution in [0.2, 0.25) is 0 Å². The molecule has 3 heterocycles. The number of aromatic nitrogens is 3. The van der Waals surface area contributed by atoms with Crippen molar-refractivity contribution in [1.82, 2.24) is 14.8 Å². The number of hydrogen-bond acceptors (Lipinski definition) is 4. The maximum Gasteiger partial charge on any atom is 0.514 e. The van der Waals surface area contributed by atoms with E-state index < -0.39 is 7.12 Å². The third-order valence-corrected chi connectivity index (χ3v) is 4.03. The maximum atomic E-state index is 6.01. The number of nitrogens with zero attached hydrogens (tertiary/aromatic N) is 3. The Kier molecular flexibility index (Phi) is 2.95. The molecule has 3 rings (SSSR count). The van der Waals surface area contributed by atoms with Crippen molar-refractivity contribution >= 4 is 12.7 Å².